The van der Waals surface area contributed by atoms with Gasteiger partial charge in [0.1, 0.15) is 6.04 Å². The number of aromatic nitrogens is 2. The van der Waals surface area contributed by atoms with E-state index in [1.807, 2.05) is 20.9 Å². The second kappa shape index (κ2) is 12.5. The first-order chi connectivity index (χ1) is 13.4. The van der Waals surface area contributed by atoms with Crippen molar-refractivity contribution < 1.29 is 18.7 Å². The highest BCUT2D eigenvalue weighted by Crippen LogP contribution is 2.29. The van der Waals surface area contributed by atoms with E-state index < -0.39 is 11.6 Å². The summed E-state index contributed by atoms with van der Waals surface area (Å²) in [6.07, 6.45) is 6.27. The van der Waals surface area contributed by atoms with E-state index in [4.69, 9.17) is 9.15 Å². The Balaban J connectivity index is 0.00000420. The fraction of sp³-hybridized carbons (Fsp3) is 0.789. The number of halogens is 1. The van der Waals surface area contributed by atoms with E-state index in [9.17, 15) is 9.59 Å². The molecule has 1 amide bonds. The van der Waals surface area contributed by atoms with Crippen molar-refractivity contribution in [3.8, 4) is 0 Å². The van der Waals surface area contributed by atoms with Gasteiger partial charge in [-0.05, 0) is 33.7 Å². The number of carbonyl (C=O) groups is 2. The lowest BCUT2D eigenvalue weighted by Gasteiger charge is -2.39. The minimum absolute atomic E-state index is 0. The van der Waals surface area contributed by atoms with Gasteiger partial charge < -0.3 is 19.4 Å². The highest BCUT2D eigenvalue weighted by Gasteiger charge is 2.38. The molecule has 1 aliphatic rings. The Labute approximate surface area is 183 Å². The average molecular weight is 449 g/mol. The number of hydrogen-bond donors (Lipinski definition) is 1. The number of rotatable bonds is 12. The first kappa shape index (κ1) is 25.9. The molecule has 1 N–H and O–H groups in total. The van der Waals surface area contributed by atoms with Gasteiger partial charge in [-0.15, -0.1) is 22.6 Å². The number of ketones is 1. The van der Waals surface area contributed by atoms with Crippen molar-refractivity contribution in [1.82, 2.24) is 20.4 Å². The number of ether oxygens (including phenoxy) is 1. The molecule has 0 spiro atoms. The normalized spacial score (nSPS) is 16.1. The lowest BCUT2D eigenvalue weighted by molar-refractivity contribution is -0.124. The molecule has 1 heterocycles. The van der Waals surface area contributed by atoms with E-state index in [0.717, 1.165) is 44.4 Å². The standard InChI is InChI=1S/C19H32N4O4S.ClH/c1-19(2,26-4)12-15(23(13-24)14-8-6-5-7-9-14)16(25)17-21-22-18(27-17)28-11-10-20-3;/h13-15,20H,5-12H2,1-4H3;1H. The molecule has 0 radical (unpaired) electrons. The summed E-state index contributed by atoms with van der Waals surface area (Å²) in [6.45, 7) is 4.61. The fourth-order valence-corrected chi connectivity index (χ4v) is 4.14. The summed E-state index contributed by atoms with van der Waals surface area (Å²) < 4.78 is 11.1. The van der Waals surface area contributed by atoms with Crippen molar-refractivity contribution in [3.63, 3.8) is 0 Å². The van der Waals surface area contributed by atoms with Crippen LogP contribution in [0.5, 0.6) is 0 Å². The van der Waals surface area contributed by atoms with Gasteiger partial charge in [-0.2, -0.15) is 0 Å². The van der Waals surface area contributed by atoms with Crippen LogP contribution in [-0.2, 0) is 9.53 Å². The van der Waals surface area contributed by atoms with E-state index in [0.29, 0.717) is 11.6 Å². The van der Waals surface area contributed by atoms with E-state index in [2.05, 4.69) is 15.5 Å². The van der Waals surface area contributed by atoms with Gasteiger partial charge in [0.25, 0.3) is 11.1 Å². The quantitative estimate of drug-likeness (QED) is 0.225. The Morgan fingerprint density at radius 1 is 1.38 bits per heavy atom. The van der Waals surface area contributed by atoms with Crippen LogP contribution < -0.4 is 5.32 Å². The molecule has 1 unspecified atom stereocenters. The number of amides is 1. The maximum absolute atomic E-state index is 13.3. The molecule has 2 rings (SSSR count). The van der Waals surface area contributed by atoms with Gasteiger partial charge in [-0.1, -0.05) is 31.0 Å². The monoisotopic (exact) mass is 448 g/mol. The molecule has 0 saturated heterocycles. The summed E-state index contributed by atoms with van der Waals surface area (Å²) in [7, 11) is 3.47. The molecule has 0 aromatic carbocycles. The molecular formula is C19H33ClN4O4S. The fourth-order valence-electron chi connectivity index (χ4n) is 3.43. The summed E-state index contributed by atoms with van der Waals surface area (Å²) in [4.78, 5) is 26.9. The molecule has 0 bridgehead atoms. The maximum atomic E-state index is 13.3. The van der Waals surface area contributed by atoms with Crippen LogP contribution in [0.15, 0.2) is 9.64 Å². The Bertz CT molecular complexity index is 637. The summed E-state index contributed by atoms with van der Waals surface area (Å²) in [5.74, 6) is 0.386. The van der Waals surface area contributed by atoms with E-state index in [1.54, 1.807) is 12.0 Å². The van der Waals surface area contributed by atoms with Gasteiger partial charge in [-0.3, -0.25) is 9.59 Å². The predicted molar refractivity (Wildman–Crippen MR) is 115 cm³/mol. The van der Waals surface area contributed by atoms with Gasteiger partial charge in [0.05, 0.1) is 5.60 Å². The zero-order valence-electron chi connectivity index (χ0n) is 17.7. The maximum Gasteiger partial charge on any atom is 0.286 e. The van der Waals surface area contributed by atoms with E-state index in [-0.39, 0.29) is 30.1 Å². The summed E-state index contributed by atoms with van der Waals surface area (Å²) in [5, 5.41) is 11.3. The zero-order valence-corrected chi connectivity index (χ0v) is 19.3. The van der Waals surface area contributed by atoms with Crippen molar-refractivity contribution in [2.75, 3.05) is 26.5 Å². The summed E-state index contributed by atoms with van der Waals surface area (Å²) in [5.41, 5.74) is -0.569. The molecule has 1 aromatic heterocycles. The average Bonchev–Trinajstić information content (AvgIpc) is 3.17. The molecule has 1 atom stereocenters. The van der Waals surface area contributed by atoms with Crippen LogP contribution >= 0.6 is 24.2 Å². The van der Waals surface area contributed by atoms with Crippen LogP contribution in [0.1, 0.15) is 63.1 Å². The number of nitrogens with zero attached hydrogens (tertiary/aromatic N) is 3. The topological polar surface area (TPSA) is 97.6 Å². The highest BCUT2D eigenvalue weighted by molar-refractivity contribution is 7.99. The zero-order chi connectivity index (χ0) is 20.6. The minimum atomic E-state index is -0.689. The Hall–Kier alpha value is -1.16. The Kier molecular flexibility index (Phi) is 11.2. The van der Waals surface area contributed by atoms with Gasteiger partial charge >= 0.3 is 0 Å². The minimum Gasteiger partial charge on any atom is -0.408 e. The van der Waals surface area contributed by atoms with Gasteiger partial charge in [-0.25, -0.2) is 0 Å². The third kappa shape index (κ3) is 7.55. The lowest BCUT2D eigenvalue weighted by Crippen LogP contribution is -2.50. The van der Waals surface area contributed by atoms with Gasteiger partial charge in [0.15, 0.2) is 0 Å². The Morgan fingerprint density at radius 3 is 2.66 bits per heavy atom. The molecule has 8 nitrogen and oxygen atoms in total. The highest BCUT2D eigenvalue weighted by atomic mass is 35.5. The van der Waals surface area contributed by atoms with Crippen molar-refractivity contribution in [3.05, 3.63) is 5.89 Å². The third-order valence-corrected chi connectivity index (χ3v) is 6.03. The Morgan fingerprint density at radius 2 is 2.07 bits per heavy atom. The number of hydrogen-bond acceptors (Lipinski definition) is 8. The van der Waals surface area contributed by atoms with Crippen molar-refractivity contribution in [2.24, 2.45) is 0 Å². The molecule has 0 aliphatic heterocycles. The third-order valence-electron chi connectivity index (χ3n) is 5.21. The molecule has 166 valence electrons. The predicted octanol–water partition coefficient (Wildman–Crippen LogP) is 2.96. The number of nitrogens with one attached hydrogen (secondary N) is 1. The van der Waals surface area contributed by atoms with E-state index >= 15 is 0 Å². The largest absolute Gasteiger partial charge is 0.408 e. The van der Waals surface area contributed by atoms with Crippen LogP contribution in [0.3, 0.4) is 0 Å². The van der Waals surface area contributed by atoms with Crippen LogP contribution in [0, 0.1) is 0 Å². The van der Waals surface area contributed by atoms with E-state index in [1.165, 1.54) is 18.2 Å². The van der Waals surface area contributed by atoms with Gasteiger partial charge in [0.2, 0.25) is 12.2 Å². The lowest BCUT2D eigenvalue weighted by atomic mass is 9.89. The molecule has 1 aromatic rings. The number of carbonyl (C=O) groups excluding carboxylic acids is 2. The van der Waals surface area contributed by atoms with Crippen LogP contribution in [0.4, 0.5) is 0 Å². The van der Waals surface area contributed by atoms with Crippen molar-refractivity contribution in [2.45, 2.75) is 75.3 Å². The number of Topliss-reactive ketones (excluding diaryl/α,β-unsaturated/α-hetero) is 1. The molecule has 1 fully saturated rings. The second-order valence-electron chi connectivity index (χ2n) is 7.72. The van der Waals surface area contributed by atoms with Crippen LogP contribution in [0.25, 0.3) is 0 Å². The second-order valence-corrected chi connectivity index (χ2v) is 8.76. The van der Waals surface area contributed by atoms with Gasteiger partial charge in [0, 0.05) is 31.9 Å². The first-order valence-electron chi connectivity index (χ1n) is 9.85. The van der Waals surface area contributed by atoms with Crippen LogP contribution in [0.2, 0.25) is 0 Å². The number of methoxy groups -OCH3 is 1. The molecule has 29 heavy (non-hydrogen) atoms. The molecular weight excluding hydrogens is 416 g/mol. The number of thioether (sulfide) groups is 1. The van der Waals surface area contributed by atoms with Crippen molar-refractivity contribution in [1.29, 1.82) is 0 Å². The molecule has 10 heteroatoms. The van der Waals surface area contributed by atoms with Crippen LogP contribution in [-0.4, -0.2) is 71.4 Å². The molecule has 1 saturated carbocycles. The molecule has 1 aliphatic carbocycles. The smallest absolute Gasteiger partial charge is 0.286 e. The summed E-state index contributed by atoms with van der Waals surface area (Å²) in [6, 6.07) is -0.633. The SMILES string of the molecule is CNCCSc1nnc(C(=O)C(CC(C)(C)OC)N(C=O)C2CCCCC2)o1.Cl. The van der Waals surface area contributed by atoms with Crippen molar-refractivity contribution >= 4 is 36.4 Å². The summed E-state index contributed by atoms with van der Waals surface area (Å²) >= 11 is 1.39. The first-order valence-corrected chi connectivity index (χ1v) is 10.8.